The lowest BCUT2D eigenvalue weighted by molar-refractivity contribution is -0.153. The molecule has 0 aliphatic carbocycles. The van der Waals surface area contributed by atoms with Crippen molar-refractivity contribution in [2.75, 3.05) is 6.61 Å². The zero-order valence-corrected chi connectivity index (χ0v) is 8.18. The van der Waals surface area contributed by atoms with Crippen molar-refractivity contribution in [2.24, 2.45) is 0 Å². The SMILES string of the molecule is CCOC(=O)C(=O)CC(C)Br. The lowest BCUT2D eigenvalue weighted by Gasteiger charge is -2.01. The van der Waals surface area contributed by atoms with E-state index in [1.165, 1.54) is 0 Å². The standard InChI is InChI=1S/C7H11BrO3/c1-3-11-7(10)6(9)4-5(2)8/h5H,3-4H2,1-2H3. The van der Waals surface area contributed by atoms with Gasteiger partial charge in [0, 0.05) is 11.2 Å². The largest absolute Gasteiger partial charge is 0.460 e. The molecular formula is C7H11BrO3. The molecular weight excluding hydrogens is 212 g/mol. The van der Waals surface area contributed by atoms with Gasteiger partial charge >= 0.3 is 5.97 Å². The highest BCUT2D eigenvalue weighted by atomic mass is 79.9. The molecule has 4 heteroatoms. The van der Waals surface area contributed by atoms with Crippen molar-refractivity contribution >= 4 is 27.7 Å². The second-order valence-electron chi connectivity index (χ2n) is 2.13. The second-order valence-corrected chi connectivity index (χ2v) is 3.69. The molecule has 0 aromatic heterocycles. The molecule has 3 nitrogen and oxygen atoms in total. The summed E-state index contributed by atoms with van der Waals surface area (Å²) in [7, 11) is 0. The molecule has 1 unspecified atom stereocenters. The van der Waals surface area contributed by atoms with Crippen LogP contribution in [0.2, 0.25) is 0 Å². The van der Waals surface area contributed by atoms with Gasteiger partial charge in [0.25, 0.3) is 0 Å². The van der Waals surface area contributed by atoms with Crippen molar-refractivity contribution in [3.8, 4) is 0 Å². The molecule has 0 bridgehead atoms. The topological polar surface area (TPSA) is 43.4 Å². The number of hydrogen-bond acceptors (Lipinski definition) is 3. The van der Waals surface area contributed by atoms with E-state index in [2.05, 4.69) is 20.7 Å². The Bertz CT molecular complexity index is 154. The number of carbonyl (C=O) groups is 2. The van der Waals surface area contributed by atoms with Crippen molar-refractivity contribution < 1.29 is 14.3 Å². The maximum atomic E-state index is 10.8. The monoisotopic (exact) mass is 222 g/mol. The predicted octanol–water partition coefficient (Wildman–Crippen LogP) is 1.29. The number of carbonyl (C=O) groups excluding carboxylic acids is 2. The number of hydrogen-bond donors (Lipinski definition) is 0. The van der Waals surface area contributed by atoms with Crippen LogP contribution >= 0.6 is 15.9 Å². The molecule has 0 fully saturated rings. The van der Waals surface area contributed by atoms with Gasteiger partial charge < -0.3 is 4.74 Å². The smallest absolute Gasteiger partial charge is 0.374 e. The Morgan fingerprint density at radius 3 is 2.45 bits per heavy atom. The maximum Gasteiger partial charge on any atom is 0.374 e. The van der Waals surface area contributed by atoms with Gasteiger partial charge in [-0.2, -0.15) is 0 Å². The van der Waals surface area contributed by atoms with Crippen LogP contribution < -0.4 is 0 Å². The average Bonchev–Trinajstić information content (AvgIpc) is 1.86. The van der Waals surface area contributed by atoms with Crippen LogP contribution in [-0.4, -0.2) is 23.2 Å². The minimum absolute atomic E-state index is 0.0272. The number of esters is 1. The van der Waals surface area contributed by atoms with Gasteiger partial charge in [0.2, 0.25) is 5.78 Å². The van der Waals surface area contributed by atoms with Crippen molar-refractivity contribution in [1.82, 2.24) is 0 Å². The Morgan fingerprint density at radius 1 is 1.55 bits per heavy atom. The normalized spacial score (nSPS) is 12.3. The number of alkyl halides is 1. The first-order chi connectivity index (χ1) is 5.07. The summed E-state index contributed by atoms with van der Waals surface area (Å²) in [5.41, 5.74) is 0. The summed E-state index contributed by atoms with van der Waals surface area (Å²) < 4.78 is 4.50. The van der Waals surface area contributed by atoms with Gasteiger partial charge in [-0.1, -0.05) is 22.9 Å². The molecule has 0 saturated carbocycles. The van der Waals surface area contributed by atoms with Gasteiger partial charge in [-0.15, -0.1) is 0 Å². The molecule has 0 saturated heterocycles. The van der Waals surface area contributed by atoms with E-state index in [1.807, 2.05) is 0 Å². The summed E-state index contributed by atoms with van der Waals surface area (Å²) in [6.07, 6.45) is 0.193. The summed E-state index contributed by atoms with van der Waals surface area (Å²) in [6, 6.07) is 0. The molecule has 0 aromatic rings. The summed E-state index contributed by atoms with van der Waals surface area (Å²) >= 11 is 3.17. The molecule has 64 valence electrons. The number of halogens is 1. The van der Waals surface area contributed by atoms with Gasteiger partial charge in [0.05, 0.1) is 6.61 Å². The summed E-state index contributed by atoms with van der Waals surface area (Å²) in [4.78, 5) is 21.6. The van der Waals surface area contributed by atoms with Crippen molar-refractivity contribution in [2.45, 2.75) is 25.1 Å². The quantitative estimate of drug-likeness (QED) is 0.409. The first-order valence-electron chi connectivity index (χ1n) is 3.42. The van der Waals surface area contributed by atoms with E-state index >= 15 is 0 Å². The Balaban J connectivity index is 3.74. The second kappa shape index (κ2) is 5.29. The third-order valence-electron chi connectivity index (χ3n) is 0.970. The number of ketones is 1. The van der Waals surface area contributed by atoms with E-state index < -0.39 is 11.8 Å². The van der Waals surface area contributed by atoms with Crippen molar-refractivity contribution in [3.05, 3.63) is 0 Å². The Morgan fingerprint density at radius 2 is 2.09 bits per heavy atom. The predicted molar refractivity (Wildman–Crippen MR) is 44.6 cm³/mol. The van der Waals surface area contributed by atoms with Crippen LogP contribution in [0.5, 0.6) is 0 Å². The highest BCUT2D eigenvalue weighted by molar-refractivity contribution is 9.09. The van der Waals surface area contributed by atoms with Crippen LogP contribution in [0.3, 0.4) is 0 Å². The third-order valence-corrected chi connectivity index (χ3v) is 1.29. The minimum atomic E-state index is -0.737. The third kappa shape index (κ3) is 4.95. The van der Waals surface area contributed by atoms with Crippen LogP contribution in [0.15, 0.2) is 0 Å². The van der Waals surface area contributed by atoms with Crippen LogP contribution in [-0.2, 0) is 14.3 Å². The van der Waals surface area contributed by atoms with E-state index in [-0.39, 0.29) is 17.9 Å². The van der Waals surface area contributed by atoms with E-state index in [0.717, 1.165) is 0 Å². The van der Waals surface area contributed by atoms with Crippen LogP contribution in [0, 0.1) is 0 Å². The highest BCUT2D eigenvalue weighted by Gasteiger charge is 2.16. The summed E-state index contributed by atoms with van der Waals surface area (Å²) in [6.45, 7) is 3.72. The number of rotatable bonds is 4. The molecule has 0 amide bonds. The highest BCUT2D eigenvalue weighted by Crippen LogP contribution is 2.04. The fraction of sp³-hybridized carbons (Fsp3) is 0.714. The molecule has 0 aromatic carbocycles. The van der Waals surface area contributed by atoms with Gasteiger partial charge in [0.15, 0.2) is 0 Å². The maximum absolute atomic E-state index is 10.8. The van der Waals surface area contributed by atoms with Crippen molar-refractivity contribution in [3.63, 3.8) is 0 Å². The zero-order chi connectivity index (χ0) is 8.85. The number of ether oxygens (including phenoxy) is 1. The molecule has 11 heavy (non-hydrogen) atoms. The fourth-order valence-corrected chi connectivity index (χ4v) is 0.844. The molecule has 0 N–H and O–H groups in total. The Labute approximate surface area is 74.2 Å². The van der Waals surface area contributed by atoms with E-state index in [0.29, 0.717) is 0 Å². The van der Waals surface area contributed by atoms with Gasteiger partial charge in [-0.3, -0.25) is 4.79 Å². The summed E-state index contributed by atoms with van der Waals surface area (Å²) in [5.74, 6) is -1.21. The Hall–Kier alpha value is -0.380. The van der Waals surface area contributed by atoms with E-state index in [4.69, 9.17) is 0 Å². The zero-order valence-electron chi connectivity index (χ0n) is 6.59. The van der Waals surface area contributed by atoms with E-state index in [1.54, 1.807) is 13.8 Å². The molecule has 0 heterocycles. The van der Waals surface area contributed by atoms with Gasteiger partial charge in [0.1, 0.15) is 0 Å². The van der Waals surface area contributed by atoms with Crippen LogP contribution in [0.4, 0.5) is 0 Å². The molecule has 0 aliphatic rings. The molecule has 1 atom stereocenters. The van der Waals surface area contributed by atoms with Gasteiger partial charge in [-0.05, 0) is 6.92 Å². The van der Waals surface area contributed by atoms with Crippen molar-refractivity contribution in [1.29, 1.82) is 0 Å². The number of Topliss-reactive ketones (excluding diaryl/α,β-unsaturated/α-hetero) is 1. The minimum Gasteiger partial charge on any atom is -0.460 e. The lowest BCUT2D eigenvalue weighted by Crippen LogP contribution is -2.19. The molecule has 0 radical (unpaired) electrons. The lowest BCUT2D eigenvalue weighted by atomic mass is 10.2. The van der Waals surface area contributed by atoms with Crippen LogP contribution in [0.25, 0.3) is 0 Å². The first-order valence-corrected chi connectivity index (χ1v) is 4.33. The van der Waals surface area contributed by atoms with Crippen LogP contribution in [0.1, 0.15) is 20.3 Å². The molecule has 0 spiro atoms. The molecule has 0 rings (SSSR count). The van der Waals surface area contributed by atoms with E-state index in [9.17, 15) is 9.59 Å². The summed E-state index contributed by atoms with van der Waals surface area (Å²) in [5, 5.41) is 0. The Kier molecular flexibility index (Phi) is 5.11. The van der Waals surface area contributed by atoms with Gasteiger partial charge in [-0.25, -0.2) is 4.79 Å². The fourth-order valence-electron chi connectivity index (χ4n) is 0.550. The average molecular weight is 223 g/mol. The molecule has 0 aliphatic heterocycles. The first kappa shape index (κ1) is 10.6.